The number of nitrogens with zero attached hydrogens (tertiary/aromatic N) is 3. The minimum atomic E-state index is -0.557. The molecule has 0 aromatic carbocycles. The first-order valence-electron chi connectivity index (χ1n) is 16.6. The normalized spacial score (nSPS) is 17.4. The molecule has 2 N–H and O–H groups in total. The van der Waals surface area contributed by atoms with Crippen molar-refractivity contribution < 1.29 is 23.9 Å². The molecule has 2 atom stereocenters. The summed E-state index contributed by atoms with van der Waals surface area (Å²) >= 11 is 0. The lowest BCUT2D eigenvalue weighted by Gasteiger charge is -2.31. The van der Waals surface area contributed by atoms with Crippen molar-refractivity contribution in [2.45, 2.75) is 84.5 Å². The third-order valence-corrected chi connectivity index (χ3v) is 10.1. The lowest BCUT2D eigenvalue weighted by molar-refractivity contribution is -0.141. The molecule has 10 heteroatoms. The molecule has 0 saturated carbocycles. The number of methoxy groups -OCH3 is 2. The molecule has 2 aliphatic rings. The molecule has 2 aliphatic heterocycles. The molecule has 3 aromatic heterocycles. The molecule has 0 saturated heterocycles. The van der Waals surface area contributed by atoms with Gasteiger partial charge >= 0.3 is 11.9 Å². The first kappa shape index (κ1) is 34.6. The number of rotatable bonds is 9. The fraction of sp³-hybridized carbons (Fsp3) is 0.447. The average Bonchev–Trinajstić information content (AvgIpc) is 3.71. The Labute approximate surface area is 282 Å². The van der Waals surface area contributed by atoms with Crippen molar-refractivity contribution in [1.29, 1.82) is 0 Å². The summed E-state index contributed by atoms with van der Waals surface area (Å²) in [5.74, 6) is -0.524. The molecule has 48 heavy (non-hydrogen) atoms. The van der Waals surface area contributed by atoms with E-state index in [4.69, 9.17) is 19.4 Å². The quantitative estimate of drug-likeness (QED) is 0.242. The van der Waals surface area contributed by atoms with Gasteiger partial charge in [0, 0.05) is 78.1 Å². The minimum Gasteiger partial charge on any atom is -0.469 e. The van der Waals surface area contributed by atoms with Gasteiger partial charge in [-0.15, -0.1) is 0 Å². The molecule has 5 heterocycles. The average molecular weight is 654 g/mol. The van der Waals surface area contributed by atoms with Crippen LogP contribution in [0.15, 0.2) is 30.3 Å². The summed E-state index contributed by atoms with van der Waals surface area (Å²) in [6, 6.07) is 10.3. The molecule has 0 fully saturated rings. The minimum absolute atomic E-state index is 0.0112. The standard InChI is InChI=1S/C38H47N5O5/c1-10-27-33-17-28-21(2)15-24(39-28)16-29-22(3)25(11-13-36(45)47-8)31(40-29)18-32-26(12-14-37(46)48-9)23(4)30(41-32)19-34(42-33)38(27,5)20-35(44)43(6)7/h15-19,27,39,41H,10-14,20H2,1-9H3/t27-,38+/m1/s1. The van der Waals surface area contributed by atoms with Crippen molar-refractivity contribution in [3.8, 4) is 0 Å². The van der Waals surface area contributed by atoms with Crippen LogP contribution >= 0.6 is 0 Å². The molecule has 3 aromatic rings. The zero-order valence-electron chi connectivity index (χ0n) is 29.6. The van der Waals surface area contributed by atoms with Crippen molar-refractivity contribution in [2.24, 2.45) is 0 Å². The first-order valence-corrected chi connectivity index (χ1v) is 16.6. The molecule has 0 radical (unpaired) electrons. The molecule has 5 rings (SSSR count). The number of allylic oxidation sites excluding steroid dienone is 2. The fourth-order valence-electron chi connectivity index (χ4n) is 7.05. The Morgan fingerprint density at radius 2 is 1.54 bits per heavy atom. The number of H-pyrrole nitrogens is 2. The number of aryl methyl sites for hydroxylation is 3. The smallest absolute Gasteiger partial charge is 0.305 e. The van der Waals surface area contributed by atoms with Gasteiger partial charge in [-0.25, -0.2) is 4.98 Å². The largest absolute Gasteiger partial charge is 0.469 e. The fourth-order valence-corrected chi connectivity index (χ4v) is 7.05. The van der Waals surface area contributed by atoms with Crippen LogP contribution in [0.25, 0.3) is 33.2 Å². The Morgan fingerprint density at radius 1 is 0.854 bits per heavy atom. The molecule has 1 amide bonds. The van der Waals surface area contributed by atoms with Gasteiger partial charge in [-0.1, -0.05) is 13.8 Å². The monoisotopic (exact) mass is 653 g/mol. The van der Waals surface area contributed by atoms with Crippen LogP contribution in [0, 0.1) is 13.8 Å². The Bertz CT molecular complexity index is 1970. The van der Waals surface area contributed by atoms with Gasteiger partial charge in [0.1, 0.15) is 0 Å². The van der Waals surface area contributed by atoms with Crippen molar-refractivity contribution in [2.75, 3.05) is 28.3 Å². The molecule has 0 spiro atoms. The number of nitrogens with one attached hydrogen (secondary N) is 2. The number of aromatic nitrogens is 4. The van der Waals surface area contributed by atoms with E-state index in [2.05, 4.69) is 48.9 Å². The summed E-state index contributed by atoms with van der Waals surface area (Å²) in [5.41, 5.74) is 11.3. The van der Waals surface area contributed by atoms with Crippen molar-refractivity contribution in [3.63, 3.8) is 0 Å². The van der Waals surface area contributed by atoms with Crippen LogP contribution in [-0.4, -0.2) is 71.0 Å². The highest BCUT2D eigenvalue weighted by Gasteiger charge is 2.44. The SMILES string of the molecule is CC[C@@H]1c2cc3[nH]c(cc4nc(cc5[nH]c(cc(n2)[C@@]1(C)CC(=O)N(C)C)c(C)c5CCC(=O)OC)C(CCC(=O)OC)=C4C)cc3C. The molecule has 10 nitrogen and oxygen atoms in total. The number of amides is 1. The molecular weight excluding hydrogens is 606 g/mol. The summed E-state index contributed by atoms with van der Waals surface area (Å²) in [5, 5.41) is 0. The van der Waals surface area contributed by atoms with Crippen molar-refractivity contribution in [1.82, 2.24) is 24.8 Å². The molecule has 254 valence electrons. The zero-order chi connectivity index (χ0) is 34.9. The predicted octanol–water partition coefficient (Wildman–Crippen LogP) is 6.85. The Morgan fingerprint density at radius 3 is 2.19 bits per heavy atom. The zero-order valence-corrected chi connectivity index (χ0v) is 29.6. The predicted molar refractivity (Wildman–Crippen MR) is 188 cm³/mol. The van der Waals surface area contributed by atoms with E-state index in [9.17, 15) is 14.4 Å². The van der Waals surface area contributed by atoms with Crippen LogP contribution in [0.3, 0.4) is 0 Å². The highest BCUT2D eigenvalue weighted by molar-refractivity contribution is 5.94. The summed E-state index contributed by atoms with van der Waals surface area (Å²) in [6.07, 6.45) is 2.49. The van der Waals surface area contributed by atoms with Gasteiger partial charge in [-0.3, -0.25) is 19.4 Å². The van der Waals surface area contributed by atoms with E-state index in [1.165, 1.54) is 14.2 Å². The number of ether oxygens (including phenoxy) is 2. The third-order valence-electron chi connectivity index (χ3n) is 10.1. The van der Waals surface area contributed by atoms with E-state index in [1.54, 1.807) is 19.0 Å². The van der Waals surface area contributed by atoms with Crippen LogP contribution in [-0.2, 0) is 35.7 Å². The van der Waals surface area contributed by atoms with E-state index in [-0.39, 0.29) is 36.6 Å². The van der Waals surface area contributed by atoms with Crippen LogP contribution in [0.2, 0.25) is 0 Å². The van der Waals surface area contributed by atoms with Crippen molar-refractivity contribution >= 4 is 51.1 Å². The number of esters is 2. The topological polar surface area (TPSA) is 130 Å². The third kappa shape index (κ3) is 6.66. The highest BCUT2D eigenvalue weighted by atomic mass is 16.5. The van der Waals surface area contributed by atoms with E-state index < -0.39 is 5.41 Å². The number of carbonyl (C=O) groups is 3. The van der Waals surface area contributed by atoms with Gasteiger partial charge in [0.2, 0.25) is 5.91 Å². The van der Waals surface area contributed by atoms with Gasteiger partial charge in [0.15, 0.2) is 0 Å². The summed E-state index contributed by atoms with van der Waals surface area (Å²) < 4.78 is 9.93. The van der Waals surface area contributed by atoms with Gasteiger partial charge in [-0.05, 0) is 98.2 Å². The maximum atomic E-state index is 13.3. The van der Waals surface area contributed by atoms with Gasteiger partial charge < -0.3 is 24.3 Å². The number of fused-ring (bicyclic) bond motifs is 8. The number of hydrogen-bond acceptors (Lipinski definition) is 7. The maximum Gasteiger partial charge on any atom is 0.305 e. The molecule has 0 unspecified atom stereocenters. The second kappa shape index (κ2) is 13.8. The molecule has 8 bridgehead atoms. The number of carbonyl (C=O) groups excluding carboxylic acids is 3. The van der Waals surface area contributed by atoms with Gasteiger partial charge in [0.05, 0.1) is 25.6 Å². The summed E-state index contributed by atoms with van der Waals surface area (Å²) in [7, 11) is 6.36. The van der Waals surface area contributed by atoms with Crippen LogP contribution in [0.1, 0.15) is 98.3 Å². The second-order valence-electron chi connectivity index (χ2n) is 13.4. The lowest BCUT2D eigenvalue weighted by Crippen LogP contribution is -2.34. The van der Waals surface area contributed by atoms with E-state index in [0.29, 0.717) is 19.3 Å². The summed E-state index contributed by atoms with van der Waals surface area (Å²) in [6.45, 7) is 10.4. The van der Waals surface area contributed by atoms with E-state index in [1.807, 2.05) is 26.0 Å². The number of hydrogen-bond donors (Lipinski definition) is 2. The van der Waals surface area contributed by atoms with Gasteiger partial charge in [0.25, 0.3) is 0 Å². The Hall–Kier alpha value is -4.73. The Balaban J connectivity index is 1.87. The molecular formula is C38H47N5O5. The maximum absolute atomic E-state index is 13.3. The summed E-state index contributed by atoms with van der Waals surface area (Å²) in [4.78, 5) is 56.9. The van der Waals surface area contributed by atoms with Crippen LogP contribution in [0.4, 0.5) is 0 Å². The first-order chi connectivity index (χ1) is 22.8. The van der Waals surface area contributed by atoms with Crippen molar-refractivity contribution in [3.05, 3.63) is 69.8 Å². The molecule has 0 aliphatic carbocycles. The van der Waals surface area contributed by atoms with Crippen LogP contribution < -0.4 is 0 Å². The van der Waals surface area contributed by atoms with E-state index in [0.717, 1.165) is 79.1 Å². The van der Waals surface area contributed by atoms with Gasteiger partial charge in [-0.2, -0.15) is 0 Å². The Kier molecular flexibility index (Phi) is 9.94. The van der Waals surface area contributed by atoms with Crippen LogP contribution in [0.5, 0.6) is 0 Å². The number of aromatic amines is 2. The van der Waals surface area contributed by atoms with E-state index >= 15 is 0 Å². The highest BCUT2D eigenvalue weighted by Crippen LogP contribution is 2.47. The second-order valence-corrected chi connectivity index (χ2v) is 13.4. The lowest BCUT2D eigenvalue weighted by atomic mass is 9.71.